The van der Waals surface area contributed by atoms with E-state index in [1.165, 1.54) is 0 Å². The van der Waals surface area contributed by atoms with E-state index in [4.69, 9.17) is 4.74 Å². The number of carbonyl (C=O) groups excluding carboxylic acids is 1. The first-order valence-corrected chi connectivity index (χ1v) is 4.33. The molecule has 1 aromatic carbocycles. The molecule has 2 rings (SSSR count). The molecule has 1 amide bonds. The van der Waals surface area contributed by atoms with E-state index in [9.17, 15) is 4.79 Å². The normalized spacial score (nSPS) is 20.8. The van der Waals surface area contributed by atoms with Crippen molar-refractivity contribution in [1.82, 2.24) is 5.43 Å². The molecule has 0 spiro atoms. The van der Waals surface area contributed by atoms with Crippen LogP contribution in [-0.2, 0) is 9.53 Å². The predicted octanol–water partition coefficient (Wildman–Crippen LogP) is 1.21. The summed E-state index contributed by atoms with van der Waals surface area (Å²) in [6.07, 6.45) is -0.575. The number of rotatable bonds is 1. The average Bonchev–Trinajstić information content (AvgIpc) is 2.23. The summed E-state index contributed by atoms with van der Waals surface area (Å²) < 4.78 is 5.32. The van der Waals surface area contributed by atoms with Gasteiger partial charge in [-0.15, -0.1) is 5.10 Å². The van der Waals surface area contributed by atoms with E-state index in [-0.39, 0.29) is 5.91 Å². The van der Waals surface area contributed by atoms with Crippen molar-refractivity contribution >= 4 is 11.8 Å². The minimum absolute atomic E-state index is 0.234. The summed E-state index contributed by atoms with van der Waals surface area (Å²) in [5.41, 5.74) is 3.24. The first-order chi connectivity index (χ1) is 6.77. The van der Waals surface area contributed by atoms with E-state index >= 15 is 0 Å². The molecule has 4 heteroatoms. The van der Waals surface area contributed by atoms with Crippen molar-refractivity contribution in [3.05, 3.63) is 35.9 Å². The van der Waals surface area contributed by atoms with Crippen molar-refractivity contribution in [2.24, 2.45) is 5.10 Å². The lowest BCUT2D eigenvalue weighted by Gasteiger charge is -2.21. The lowest BCUT2D eigenvalue weighted by Crippen LogP contribution is -2.34. The van der Waals surface area contributed by atoms with E-state index in [1.807, 2.05) is 30.3 Å². The number of benzene rings is 1. The van der Waals surface area contributed by atoms with Gasteiger partial charge in [0.25, 0.3) is 5.91 Å². The first-order valence-electron chi connectivity index (χ1n) is 4.33. The van der Waals surface area contributed by atoms with Gasteiger partial charge in [-0.2, -0.15) is 0 Å². The van der Waals surface area contributed by atoms with Crippen molar-refractivity contribution in [2.45, 2.75) is 13.0 Å². The Kier molecular flexibility index (Phi) is 2.18. The third-order valence-electron chi connectivity index (χ3n) is 1.95. The van der Waals surface area contributed by atoms with Crippen LogP contribution in [0.15, 0.2) is 35.4 Å². The smallest absolute Gasteiger partial charge is 0.285 e. The van der Waals surface area contributed by atoms with Gasteiger partial charge < -0.3 is 4.74 Å². The molecule has 0 radical (unpaired) electrons. The van der Waals surface area contributed by atoms with Gasteiger partial charge in [0, 0.05) is 12.5 Å². The molecule has 0 saturated carbocycles. The number of hydrogen-bond donors (Lipinski definition) is 1. The van der Waals surface area contributed by atoms with E-state index in [0.717, 1.165) is 5.56 Å². The van der Waals surface area contributed by atoms with Crippen LogP contribution in [0.4, 0.5) is 0 Å². The van der Waals surface area contributed by atoms with Gasteiger partial charge in [-0.25, -0.2) is 5.43 Å². The summed E-state index contributed by atoms with van der Waals surface area (Å²) in [6, 6.07) is 9.33. The molecule has 0 aliphatic carbocycles. The van der Waals surface area contributed by atoms with Gasteiger partial charge in [-0.05, 0) is 0 Å². The van der Waals surface area contributed by atoms with Crippen LogP contribution in [0.5, 0.6) is 0 Å². The largest absolute Gasteiger partial charge is 0.461 e. The Morgan fingerprint density at radius 1 is 1.36 bits per heavy atom. The van der Waals surface area contributed by atoms with Crippen LogP contribution in [0.1, 0.15) is 18.6 Å². The SMILES string of the molecule is CC1=NNC(=O)[C@@H](c2ccccc2)O1. The Labute approximate surface area is 81.6 Å². The maximum Gasteiger partial charge on any atom is 0.285 e. The molecule has 1 atom stereocenters. The molecule has 1 N–H and O–H groups in total. The summed E-state index contributed by atoms with van der Waals surface area (Å²) in [5.74, 6) is 0.236. The zero-order valence-electron chi connectivity index (χ0n) is 7.73. The van der Waals surface area contributed by atoms with Crippen molar-refractivity contribution < 1.29 is 9.53 Å². The molecule has 0 unspecified atom stereocenters. The fourth-order valence-electron chi connectivity index (χ4n) is 1.29. The van der Waals surface area contributed by atoms with E-state index in [2.05, 4.69) is 10.5 Å². The molecule has 72 valence electrons. The summed E-state index contributed by atoms with van der Waals surface area (Å²) in [4.78, 5) is 11.4. The van der Waals surface area contributed by atoms with Crippen LogP contribution in [-0.4, -0.2) is 11.8 Å². The molecule has 0 aromatic heterocycles. The lowest BCUT2D eigenvalue weighted by atomic mass is 10.1. The molecule has 0 fully saturated rings. The number of hydrogen-bond acceptors (Lipinski definition) is 3. The highest BCUT2D eigenvalue weighted by atomic mass is 16.5. The van der Waals surface area contributed by atoms with Crippen molar-refractivity contribution in [3.63, 3.8) is 0 Å². The quantitative estimate of drug-likeness (QED) is 0.723. The van der Waals surface area contributed by atoms with Crippen molar-refractivity contribution in [2.75, 3.05) is 0 Å². The zero-order valence-corrected chi connectivity index (χ0v) is 7.73. The van der Waals surface area contributed by atoms with Gasteiger partial charge in [0.15, 0.2) is 0 Å². The maximum atomic E-state index is 11.4. The summed E-state index contributed by atoms with van der Waals surface area (Å²) >= 11 is 0. The number of carbonyl (C=O) groups is 1. The Hall–Kier alpha value is -1.84. The second kappa shape index (κ2) is 3.49. The molecule has 0 bridgehead atoms. The van der Waals surface area contributed by atoms with Crippen LogP contribution < -0.4 is 5.43 Å². The molecular formula is C10H10N2O2. The van der Waals surface area contributed by atoms with E-state index < -0.39 is 6.10 Å². The monoisotopic (exact) mass is 190 g/mol. The van der Waals surface area contributed by atoms with Crippen LogP contribution in [0, 0.1) is 0 Å². The van der Waals surface area contributed by atoms with Gasteiger partial charge in [-0.1, -0.05) is 30.3 Å². The summed E-state index contributed by atoms with van der Waals surface area (Å²) in [5, 5.41) is 3.68. The molecule has 1 aliphatic heterocycles. The van der Waals surface area contributed by atoms with E-state index in [1.54, 1.807) is 6.92 Å². The van der Waals surface area contributed by atoms with Gasteiger partial charge in [0.05, 0.1) is 0 Å². The molecule has 14 heavy (non-hydrogen) atoms. The van der Waals surface area contributed by atoms with Crippen LogP contribution in [0.3, 0.4) is 0 Å². The van der Waals surface area contributed by atoms with E-state index in [0.29, 0.717) is 5.90 Å². The molecule has 1 aromatic rings. The van der Waals surface area contributed by atoms with Gasteiger partial charge in [0.1, 0.15) is 0 Å². The number of nitrogens with one attached hydrogen (secondary N) is 1. The summed E-state index contributed by atoms with van der Waals surface area (Å²) in [6.45, 7) is 1.70. The highest BCUT2D eigenvalue weighted by molar-refractivity contribution is 5.89. The van der Waals surface area contributed by atoms with Crippen LogP contribution in [0.25, 0.3) is 0 Å². The molecule has 4 nitrogen and oxygen atoms in total. The third-order valence-corrected chi connectivity index (χ3v) is 1.95. The van der Waals surface area contributed by atoms with Crippen molar-refractivity contribution in [3.8, 4) is 0 Å². The Morgan fingerprint density at radius 3 is 2.79 bits per heavy atom. The Balaban J connectivity index is 2.27. The number of hydrazone groups is 1. The molecule has 1 aliphatic rings. The Bertz CT molecular complexity index is 373. The van der Waals surface area contributed by atoms with Gasteiger partial charge in [0.2, 0.25) is 12.0 Å². The number of ether oxygens (including phenoxy) is 1. The first kappa shape index (κ1) is 8.74. The minimum atomic E-state index is -0.575. The summed E-state index contributed by atoms with van der Waals surface area (Å²) in [7, 11) is 0. The molecule has 0 saturated heterocycles. The molecular weight excluding hydrogens is 180 g/mol. The maximum absolute atomic E-state index is 11.4. The van der Waals surface area contributed by atoms with Crippen molar-refractivity contribution in [1.29, 1.82) is 0 Å². The second-order valence-electron chi connectivity index (χ2n) is 3.02. The molecule has 1 heterocycles. The lowest BCUT2D eigenvalue weighted by molar-refractivity contribution is -0.130. The number of amides is 1. The average molecular weight is 190 g/mol. The van der Waals surface area contributed by atoms with Gasteiger partial charge >= 0.3 is 0 Å². The highest BCUT2D eigenvalue weighted by Crippen LogP contribution is 2.19. The highest BCUT2D eigenvalue weighted by Gasteiger charge is 2.25. The van der Waals surface area contributed by atoms with Gasteiger partial charge in [-0.3, -0.25) is 4.79 Å². The Morgan fingerprint density at radius 2 is 2.07 bits per heavy atom. The fourth-order valence-corrected chi connectivity index (χ4v) is 1.29. The van der Waals surface area contributed by atoms with Crippen LogP contribution in [0.2, 0.25) is 0 Å². The second-order valence-corrected chi connectivity index (χ2v) is 3.02. The minimum Gasteiger partial charge on any atom is -0.461 e. The zero-order chi connectivity index (χ0) is 9.97. The topological polar surface area (TPSA) is 50.7 Å². The standard InChI is InChI=1S/C10H10N2O2/c1-7-11-12-10(13)9(14-7)8-5-3-2-4-6-8/h2-6,9H,1H3,(H,12,13)/t9-/m1/s1. The number of nitrogens with zero attached hydrogens (tertiary/aromatic N) is 1. The third kappa shape index (κ3) is 1.59. The van der Waals surface area contributed by atoms with Crippen LogP contribution >= 0.6 is 0 Å². The fraction of sp³-hybridized carbons (Fsp3) is 0.200. The predicted molar refractivity (Wildman–Crippen MR) is 51.5 cm³/mol.